The highest BCUT2D eigenvalue weighted by Crippen LogP contribution is 2.34. The third-order valence-electron chi connectivity index (χ3n) is 5.04. The molecule has 1 aromatic heterocycles. The van der Waals surface area contributed by atoms with Crippen LogP contribution in [-0.4, -0.2) is 54.5 Å². The standard InChI is InChI=1S/C18H26N2O3S/c1-2-23-18(22)14-7-10-19(11-8-14)17(21)13-20-9-3-5-15(20)16-6-4-12-24-16/h4,6,12,14-15H,2-3,5,7-11,13H2,1H3. The maximum atomic E-state index is 12.6. The Balaban J connectivity index is 1.50. The van der Waals surface area contributed by atoms with E-state index in [4.69, 9.17) is 4.74 Å². The maximum absolute atomic E-state index is 12.6. The summed E-state index contributed by atoms with van der Waals surface area (Å²) in [6.07, 6.45) is 3.73. The lowest BCUT2D eigenvalue weighted by molar-refractivity contribution is -0.151. The smallest absolute Gasteiger partial charge is 0.309 e. The predicted octanol–water partition coefficient (Wildman–Crippen LogP) is 2.69. The molecule has 0 bridgehead atoms. The summed E-state index contributed by atoms with van der Waals surface area (Å²) in [4.78, 5) is 30.0. The molecule has 132 valence electrons. The Bertz CT molecular complexity index is 553. The Labute approximate surface area is 147 Å². The number of rotatable bonds is 5. The van der Waals surface area contributed by atoms with Gasteiger partial charge in [0, 0.05) is 24.0 Å². The highest BCUT2D eigenvalue weighted by atomic mass is 32.1. The monoisotopic (exact) mass is 350 g/mol. The zero-order valence-electron chi connectivity index (χ0n) is 14.3. The van der Waals surface area contributed by atoms with Crippen molar-refractivity contribution in [1.29, 1.82) is 0 Å². The number of hydrogen-bond donors (Lipinski definition) is 0. The van der Waals surface area contributed by atoms with E-state index < -0.39 is 0 Å². The van der Waals surface area contributed by atoms with Gasteiger partial charge in [0.25, 0.3) is 0 Å². The van der Waals surface area contributed by atoms with Crippen molar-refractivity contribution in [2.75, 3.05) is 32.8 Å². The predicted molar refractivity (Wildman–Crippen MR) is 93.8 cm³/mol. The first-order chi connectivity index (χ1) is 11.7. The molecule has 0 saturated carbocycles. The molecule has 1 atom stereocenters. The minimum atomic E-state index is -0.109. The van der Waals surface area contributed by atoms with Gasteiger partial charge in [-0.1, -0.05) is 6.07 Å². The van der Waals surface area contributed by atoms with E-state index >= 15 is 0 Å². The van der Waals surface area contributed by atoms with Crippen LogP contribution in [0.5, 0.6) is 0 Å². The normalized spacial score (nSPS) is 22.7. The summed E-state index contributed by atoms with van der Waals surface area (Å²) >= 11 is 1.78. The molecule has 2 aliphatic rings. The molecule has 0 aliphatic carbocycles. The van der Waals surface area contributed by atoms with E-state index in [2.05, 4.69) is 22.4 Å². The fourth-order valence-electron chi connectivity index (χ4n) is 3.72. The second kappa shape index (κ2) is 8.12. The summed E-state index contributed by atoms with van der Waals surface area (Å²) < 4.78 is 5.09. The van der Waals surface area contributed by atoms with E-state index in [1.165, 1.54) is 4.88 Å². The van der Waals surface area contributed by atoms with Gasteiger partial charge in [-0.2, -0.15) is 0 Å². The number of carbonyl (C=O) groups excluding carboxylic acids is 2. The first-order valence-corrected chi connectivity index (χ1v) is 9.79. The number of piperidine rings is 1. The van der Waals surface area contributed by atoms with Gasteiger partial charge < -0.3 is 9.64 Å². The topological polar surface area (TPSA) is 49.9 Å². The molecule has 6 heteroatoms. The molecular weight excluding hydrogens is 324 g/mol. The van der Waals surface area contributed by atoms with Crippen LogP contribution < -0.4 is 0 Å². The van der Waals surface area contributed by atoms with Gasteiger partial charge in [0.2, 0.25) is 5.91 Å². The van der Waals surface area contributed by atoms with Crippen LogP contribution in [-0.2, 0) is 14.3 Å². The van der Waals surface area contributed by atoms with E-state index in [0.29, 0.717) is 32.3 Å². The average molecular weight is 350 g/mol. The Kier molecular flexibility index (Phi) is 5.89. The van der Waals surface area contributed by atoms with E-state index in [1.807, 2.05) is 11.8 Å². The molecule has 0 spiro atoms. The molecule has 0 aromatic carbocycles. The van der Waals surface area contributed by atoms with Gasteiger partial charge in [0.1, 0.15) is 0 Å². The van der Waals surface area contributed by atoms with Gasteiger partial charge in [-0.15, -0.1) is 11.3 Å². The summed E-state index contributed by atoms with van der Waals surface area (Å²) in [5.74, 6) is 0.0438. The number of likely N-dealkylation sites (tertiary alicyclic amines) is 2. The summed E-state index contributed by atoms with van der Waals surface area (Å²) in [5.41, 5.74) is 0. The molecule has 2 saturated heterocycles. The lowest BCUT2D eigenvalue weighted by atomic mass is 9.97. The molecule has 1 aromatic rings. The molecule has 5 nitrogen and oxygen atoms in total. The molecule has 24 heavy (non-hydrogen) atoms. The number of carbonyl (C=O) groups is 2. The van der Waals surface area contributed by atoms with Crippen LogP contribution in [0, 0.1) is 5.92 Å². The summed E-state index contributed by atoms with van der Waals surface area (Å²) in [6.45, 7) is 5.08. The number of nitrogens with zero attached hydrogens (tertiary/aromatic N) is 2. The number of ether oxygens (including phenoxy) is 1. The molecule has 0 N–H and O–H groups in total. The Hall–Kier alpha value is -1.40. The first-order valence-electron chi connectivity index (χ1n) is 8.91. The van der Waals surface area contributed by atoms with Crippen LogP contribution in [0.25, 0.3) is 0 Å². The van der Waals surface area contributed by atoms with Crippen molar-refractivity contribution in [3.05, 3.63) is 22.4 Å². The Morgan fingerprint density at radius 1 is 1.25 bits per heavy atom. The van der Waals surface area contributed by atoms with Gasteiger partial charge in [-0.25, -0.2) is 0 Å². The maximum Gasteiger partial charge on any atom is 0.309 e. The second-order valence-corrected chi connectivity index (χ2v) is 7.53. The lowest BCUT2D eigenvalue weighted by Crippen LogP contribution is -2.45. The van der Waals surface area contributed by atoms with Crippen molar-refractivity contribution in [3.63, 3.8) is 0 Å². The third kappa shape index (κ3) is 3.98. The third-order valence-corrected chi connectivity index (χ3v) is 6.01. The van der Waals surface area contributed by atoms with Crippen LogP contribution in [0.4, 0.5) is 0 Å². The van der Waals surface area contributed by atoms with Crippen LogP contribution in [0.15, 0.2) is 17.5 Å². The SMILES string of the molecule is CCOC(=O)C1CCN(C(=O)CN2CCCC2c2cccs2)CC1. The summed E-state index contributed by atoms with van der Waals surface area (Å²) in [5, 5.41) is 2.10. The van der Waals surface area contributed by atoms with Crippen molar-refractivity contribution in [3.8, 4) is 0 Å². The minimum Gasteiger partial charge on any atom is -0.466 e. The highest BCUT2D eigenvalue weighted by Gasteiger charge is 2.32. The summed E-state index contributed by atoms with van der Waals surface area (Å²) in [7, 11) is 0. The van der Waals surface area contributed by atoms with Gasteiger partial charge >= 0.3 is 5.97 Å². The van der Waals surface area contributed by atoms with Crippen molar-refractivity contribution in [2.24, 2.45) is 5.92 Å². The quantitative estimate of drug-likeness (QED) is 0.766. The Morgan fingerprint density at radius 2 is 2.04 bits per heavy atom. The van der Waals surface area contributed by atoms with Crippen molar-refractivity contribution < 1.29 is 14.3 Å². The number of thiophene rings is 1. The van der Waals surface area contributed by atoms with Gasteiger partial charge in [-0.05, 0) is 50.6 Å². The molecule has 0 radical (unpaired) electrons. The van der Waals surface area contributed by atoms with Crippen molar-refractivity contribution in [1.82, 2.24) is 9.80 Å². The van der Waals surface area contributed by atoms with Crippen LogP contribution >= 0.6 is 11.3 Å². The fraction of sp³-hybridized carbons (Fsp3) is 0.667. The molecule has 3 heterocycles. The molecular formula is C18H26N2O3S. The molecule has 2 fully saturated rings. The molecule has 1 amide bonds. The largest absolute Gasteiger partial charge is 0.466 e. The Morgan fingerprint density at radius 3 is 2.71 bits per heavy atom. The summed E-state index contributed by atoms with van der Waals surface area (Å²) in [6, 6.07) is 4.65. The zero-order chi connectivity index (χ0) is 16.9. The van der Waals surface area contributed by atoms with E-state index in [9.17, 15) is 9.59 Å². The van der Waals surface area contributed by atoms with E-state index in [-0.39, 0.29) is 17.8 Å². The van der Waals surface area contributed by atoms with Crippen LogP contribution in [0.2, 0.25) is 0 Å². The lowest BCUT2D eigenvalue weighted by Gasteiger charge is -2.33. The van der Waals surface area contributed by atoms with Crippen molar-refractivity contribution in [2.45, 2.75) is 38.6 Å². The second-order valence-electron chi connectivity index (χ2n) is 6.55. The molecule has 2 aliphatic heterocycles. The highest BCUT2D eigenvalue weighted by molar-refractivity contribution is 7.10. The fourth-order valence-corrected chi connectivity index (χ4v) is 4.61. The number of hydrogen-bond acceptors (Lipinski definition) is 5. The van der Waals surface area contributed by atoms with Gasteiger partial charge in [-0.3, -0.25) is 14.5 Å². The zero-order valence-corrected chi connectivity index (χ0v) is 15.1. The van der Waals surface area contributed by atoms with Crippen LogP contribution in [0.3, 0.4) is 0 Å². The van der Waals surface area contributed by atoms with Crippen LogP contribution in [0.1, 0.15) is 43.5 Å². The first kappa shape index (κ1) is 17.4. The molecule has 3 rings (SSSR count). The van der Waals surface area contributed by atoms with E-state index in [1.54, 1.807) is 11.3 Å². The van der Waals surface area contributed by atoms with Gasteiger partial charge in [0.15, 0.2) is 0 Å². The number of esters is 1. The molecule has 1 unspecified atom stereocenters. The number of amides is 1. The minimum absolute atomic E-state index is 0.0420. The van der Waals surface area contributed by atoms with Gasteiger partial charge in [0.05, 0.1) is 19.1 Å². The van der Waals surface area contributed by atoms with E-state index in [0.717, 1.165) is 32.2 Å². The van der Waals surface area contributed by atoms with Crippen molar-refractivity contribution >= 4 is 23.2 Å². The average Bonchev–Trinajstić information content (AvgIpc) is 3.26.